The van der Waals surface area contributed by atoms with Crippen molar-refractivity contribution in [3.8, 4) is 0 Å². The van der Waals surface area contributed by atoms with E-state index in [1.165, 1.54) is 0 Å². The second-order valence-electron chi connectivity index (χ2n) is 1.88. The molecule has 0 saturated carbocycles. The molecule has 0 aromatic heterocycles. The van der Waals surface area contributed by atoms with Gasteiger partial charge in [-0.15, -0.1) is 0 Å². The summed E-state index contributed by atoms with van der Waals surface area (Å²) in [7, 11) is 1.78. The van der Waals surface area contributed by atoms with E-state index in [4.69, 9.17) is 6.52 Å². The van der Waals surface area contributed by atoms with Crippen LogP contribution in [0.15, 0.2) is 0 Å². The van der Waals surface area contributed by atoms with Gasteiger partial charge in [-0.25, -0.2) is 0 Å². The standard InChI is InChI=1S/C4H9NO.CH4/c1-5-2-4(6)3-5;/h4,6H,2-3H2,1H3;1H4/p+1/i/hT. The normalized spacial score (nSPS) is 51.1. The van der Waals surface area contributed by atoms with Crippen molar-refractivity contribution in [3.63, 3.8) is 0 Å². The molecule has 1 aliphatic heterocycles. The number of rotatable bonds is 0. The Morgan fingerprint density at radius 3 is 2.29 bits per heavy atom. The van der Waals surface area contributed by atoms with Crippen LogP contribution in [-0.4, -0.2) is 31.3 Å². The summed E-state index contributed by atoms with van der Waals surface area (Å²) in [5.41, 5.74) is 0. The number of likely N-dealkylation sites (N-methyl/N-ethyl adjacent to an activating group) is 1. The molecule has 0 bridgehead atoms. The highest BCUT2D eigenvalue weighted by Crippen LogP contribution is 1.77. The van der Waals surface area contributed by atoms with Crippen LogP contribution in [-0.2, 0) is 0 Å². The molecular weight excluding hydrogens is 90.1 g/mol. The third-order valence-electron chi connectivity index (χ3n) is 1.04. The molecule has 44 valence electrons. The number of hydrogen-bond donors (Lipinski definition) is 2. The lowest BCUT2D eigenvalue weighted by atomic mass is 10.2. The Kier molecular flexibility index (Phi) is 1.65. The third-order valence-corrected chi connectivity index (χ3v) is 1.04. The van der Waals surface area contributed by atoms with E-state index in [2.05, 4.69) is 0 Å². The average Bonchev–Trinajstić information content (AvgIpc) is 1.27. The predicted octanol–water partition coefficient (Wildman–Crippen LogP) is -1.49. The summed E-state index contributed by atoms with van der Waals surface area (Å²) in [6.07, 6.45) is -0.206. The molecule has 0 aromatic carbocycles. The first-order chi connectivity index (χ1) is 3.10. The highest BCUT2D eigenvalue weighted by atomic mass is 16.3. The molecule has 1 aliphatic rings. The van der Waals surface area contributed by atoms with Crippen molar-refractivity contribution in [1.82, 2.24) is 0 Å². The summed E-state index contributed by atoms with van der Waals surface area (Å²) in [6.45, 7) is 1.19. The van der Waals surface area contributed by atoms with E-state index in [0.717, 1.165) is 0 Å². The maximum Gasteiger partial charge on any atom is 0.348 e. The Morgan fingerprint density at radius 2 is 2.29 bits per heavy atom. The van der Waals surface area contributed by atoms with E-state index in [1.54, 1.807) is 7.05 Å². The van der Waals surface area contributed by atoms with Gasteiger partial charge in [-0.3, -0.25) is 0 Å². The molecule has 2 nitrogen and oxygen atoms in total. The maximum absolute atomic E-state index is 8.65. The summed E-state index contributed by atoms with van der Waals surface area (Å²) in [5.74, 6) is 0. The first-order valence-electron chi connectivity index (χ1n) is 2.60. The molecule has 0 aromatic rings. The Balaban J connectivity index is 0.000000490. The van der Waals surface area contributed by atoms with Gasteiger partial charge in [0.25, 0.3) is 0 Å². The number of hydrogen-bond acceptors (Lipinski definition) is 1. The third kappa shape index (κ3) is 1.45. The molecule has 0 spiro atoms. The van der Waals surface area contributed by atoms with Crippen molar-refractivity contribution < 1.29 is 11.4 Å². The second kappa shape index (κ2) is 2.28. The van der Waals surface area contributed by atoms with Crippen molar-refractivity contribution in [3.05, 3.63) is 0 Å². The van der Waals surface area contributed by atoms with Gasteiger partial charge in [-0.2, -0.15) is 0 Å². The van der Waals surface area contributed by atoms with Gasteiger partial charge < -0.3 is 10.00 Å². The van der Waals surface area contributed by atoms with E-state index in [1.807, 2.05) is 0 Å². The number of aliphatic hydroxyl groups excluding tert-OH is 1. The van der Waals surface area contributed by atoms with Crippen molar-refractivity contribution >= 4 is 0 Å². The van der Waals surface area contributed by atoms with E-state index >= 15 is 0 Å². The smallest absolute Gasteiger partial charge is 0.348 e. The van der Waals surface area contributed by atoms with Crippen molar-refractivity contribution in [2.45, 2.75) is 13.5 Å². The molecule has 1 heterocycles. The fraction of sp³-hybridized carbons (Fsp3) is 1.00. The zero-order valence-electron chi connectivity index (χ0n) is 4.89. The largest absolute Gasteiger partial charge is 0.382 e. The SMILES string of the molecule is C.[3H][N+]1(C)CC(O)C1. The molecule has 1 fully saturated rings. The van der Waals surface area contributed by atoms with E-state index in [9.17, 15) is 0 Å². The van der Waals surface area contributed by atoms with Crippen LogP contribution in [0, 0.1) is 0 Å². The second-order valence-corrected chi connectivity index (χ2v) is 1.88. The van der Waals surface area contributed by atoms with Crippen LogP contribution in [0.4, 0.5) is 0 Å². The quantitative estimate of drug-likeness (QED) is 0.386. The number of aliphatic hydroxyl groups is 1. The summed E-state index contributed by atoms with van der Waals surface area (Å²) in [5, 5.41) is 8.65. The Morgan fingerprint density at radius 1 is 1.86 bits per heavy atom. The van der Waals surface area contributed by atoms with E-state index < -0.39 is 0 Å². The zero-order valence-corrected chi connectivity index (χ0v) is 3.89. The van der Waals surface area contributed by atoms with Crippen molar-refractivity contribution in [2.75, 3.05) is 20.1 Å². The average molecular weight is 106 g/mol. The van der Waals surface area contributed by atoms with Crippen LogP contribution in [0.1, 0.15) is 7.43 Å². The van der Waals surface area contributed by atoms with Gasteiger partial charge in [0.2, 0.25) is 0 Å². The molecule has 0 amide bonds. The minimum atomic E-state index is -0.206. The van der Waals surface area contributed by atoms with Crippen LogP contribution < -0.4 is 4.89 Å². The van der Waals surface area contributed by atoms with Crippen LogP contribution in [0.3, 0.4) is 0 Å². The van der Waals surface area contributed by atoms with E-state index in [-0.39, 0.29) is 18.4 Å². The Bertz CT molecular complexity index is 76.5. The molecule has 2 N–H and O–H groups in total. The van der Waals surface area contributed by atoms with Crippen LogP contribution in [0.5, 0.6) is 0 Å². The molecule has 1 saturated heterocycles. The molecule has 0 radical (unpaired) electrons. The first-order valence-corrected chi connectivity index (χ1v) is 2.15. The first kappa shape index (κ1) is 5.06. The molecule has 1 rings (SSSR count). The minimum absolute atomic E-state index is 0. The number of likely N-dealkylation sites (tertiary alicyclic amines) is 1. The van der Waals surface area contributed by atoms with Gasteiger partial charge in [0.05, 0.1) is 7.05 Å². The number of nitrogens with one attached hydrogen (secondary N) is 1. The van der Waals surface area contributed by atoms with E-state index in [0.29, 0.717) is 13.1 Å². The molecule has 0 aliphatic carbocycles. The summed E-state index contributed by atoms with van der Waals surface area (Å²) < 4.78 is 7.18. The van der Waals surface area contributed by atoms with Crippen LogP contribution >= 0.6 is 0 Å². The lowest BCUT2D eigenvalue weighted by Gasteiger charge is -2.27. The van der Waals surface area contributed by atoms with Gasteiger partial charge in [0.15, 0.2) is 6.10 Å². The number of quaternary nitrogens is 1. The van der Waals surface area contributed by atoms with Gasteiger partial charge in [-0.1, -0.05) is 7.43 Å². The summed E-state index contributed by atoms with van der Waals surface area (Å²) in [6, 6.07) is 0. The monoisotopic (exact) mass is 106 g/mol. The predicted molar refractivity (Wildman–Crippen MR) is 29.4 cm³/mol. The molecule has 0 atom stereocenters. The Labute approximate surface area is 46.2 Å². The van der Waals surface area contributed by atoms with Crippen molar-refractivity contribution in [2.24, 2.45) is 0 Å². The van der Waals surface area contributed by atoms with Gasteiger partial charge >= 0.3 is 1.41 Å². The minimum Gasteiger partial charge on any atom is -0.382 e. The van der Waals surface area contributed by atoms with Gasteiger partial charge in [-0.05, 0) is 0 Å². The molecule has 2 heteroatoms. The fourth-order valence-corrected chi connectivity index (χ4v) is 0.666. The van der Waals surface area contributed by atoms with Gasteiger partial charge in [0.1, 0.15) is 13.1 Å². The lowest BCUT2D eigenvalue weighted by Crippen LogP contribution is -3.18. The molecular formula is C5H14NO+. The zero-order chi connectivity index (χ0) is 5.49. The van der Waals surface area contributed by atoms with Crippen molar-refractivity contribution in [1.29, 1.82) is 0 Å². The highest BCUT2D eigenvalue weighted by Gasteiger charge is 2.24. The summed E-state index contributed by atoms with van der Waals surface area (Å²) >= 11 is 0. The molecule has 7 heavy (non-hydrogen) atoms. The highest BCUT2D eigenvalue weighted by molar-refractivity contribution is 4.55. The fourth-order valence-electron chi connectivity index (χ4n) is 0.666. The van der Waals surface area contributed by atoms with Crippen LogP contribution in [0.2, 0.25) is 1.41 Å². The summed E-state index contributed by atoms with van der Waals surface area (Å²) in [4.78, 5) is 0.237. The lowest BCUT2D eigenvalue weighted by molar-refractivity contribution is -0.930. The molecule has 0 unspecified atom stereocenters. The van der Waals surface area contributed by atoms with Crippen LogP contribution in [0.25, 0.3) is 0 Å². The van der Waals surface area contributed by atoms with Gasteiger partial charge in [0, 0.05) is 0 Å². The topological polar surface area (TPSA) is 24.7 Å². The Hall–Kier alpha value is -0.0800. The maximum atomic E-state index is 8.65.